The second kappa shape index (κ2) is 16.0. The van der Waals surface area contributed by atoms with Crippen LogP contribution in [0.1, 0.15) is 22.3 Å². The molecule has 0 saturated heterocycles. The SMILES string of the molecule is c1ccc(C2(c3ccccc3)c3ccccc3-c3cc(N(c4ccc(-c5cccc(-c6cccc7c6oc6ccccc67)c5)cc4)c4cccc(-c5ccc6oc7ccccc7c6c5)c4)ccc32)cc1. The highest BCUT2D eigenvalue weighted by atomic mass is 16.3. The van der Waals surface area contributed by atoms with E-state index in [0.717, 1.165) is 94.3 Å². The van der Waals surface area contributed by atoms with Crippen molar-refractivity contribution in [3.8, 4) is 44.5 Å². The molecule has 0 saturated carbocycles. The van der Waals surface area contributed by atoms with Gasteiger partial charge in [0, 0.05) is 44.2 Å². The summed E-state index contributed by atoms with van der Waals surface area (Å²) in [5, 5.41) is 4.49. The summed E-state index contributed by atoms with van der Waals surface area (Å²) in [5.41, 5.74) is 20.6. The molecular formula is C67H43NO2. The van der Waals surface area contributed by atoms with Gasteiger partial charge in [0.15, 0.2) is 0 Å². The molecule has 0 amide bonds. The van der Waals surface area contributed by atoms with Crippen LogP contribution in [0, 0.1) is 0 Å². The van der Waals surface area contributed by atoms with Gasteiger partial charge in [0.05, 0.1) is 5.41 Å². The lowest BCUT2D eigenvalue weighted by Crippen LogP contribution is -2.28. The third-order valence-corrected chi connectivity index (χ3v) is 14.6. The fraction of sp³-hybridized carbons (Fsp3) is 0.0149. The number of fused-ring (bicyclic) bond motifs is 9. The van der Waals surface area contributed by atoms with E-state index in [2.05, 4.69) is 241 Å². The Labute approximate surface area is 405 Å². The van der Waals surface area contributed by atoms with Crippen LogP contribution in [0.5, 0.6) is 0 Å². The van der Waals surface area contributed by atoms with Crippen molar-refractivity contribution in [3.05, 3.63) is 283 Å². The summed E-state index contributed by atoms with van der Waals surface area (Å²) in [6.45, 7) is 0. The van der Waals surface area contributed by atoms with Crippen LogP contribution >= 0.6 is 0 Å². The van der Waals surface area contributed by atoms with Gasteiger partial charge in [0.2, 0.25) is 0 Å². The van der Waals surface area contributed by atoms with Gasteiger partial charge in [-0.2, -0.15) is 0 Å². The van der Waals surface area contributed by atoms with Crippen LogP contribution in [0.2, 0.25) is 0 Å². The van der Waals surface area contributed by atoms with Crippen molar-refractivity contribution in [3.63, 3.8) is 0 Å². The molecule has 70 heavy (non-hydrogen) atoms. The Balaban J connectivity index is 0.916. The maximum atomic E-state index is 6.47. The molecule has 13 aromatic rings. The summed E-state index contributed by atoms with van der Waals surface area (Å²) < 4.78 is 12.7. The van der Waals surface area contributed by atoms with Crippen molar-refractivity contribution in [1.82, 2.24) is 0 Å². The van der Waals surface area contributed by atoms with E-state index in [-0.39, 0.29) is 0 Å². The first-order chi connectivity index (χ1) is 34.7. The van der Waals surface area contributed by atoms with E-state index < -0.39 is 5.41 Å². The van der Waals surface area contributed by atoms with Crippen LogP contribution in [-0.4, -0.2) is 0 Å². The van der Waals surface area contributed by atoms with E-state index >= 15 is 0 Å². The number of furan rings is 2. The molecule has 2 heterocycles. The zero-order valence-corrected chi connectivity index (χ0v) is 38.1. The number of rotatable bonds is 8. The molecule has 0 unspecified atom stereocenters. The summed E-state index contributed by atoms with van der Waals surface area (Å²) in [6.07, 6.45) is 0. The molecule has 0 fully saturated rings. The summed E-state index contributed by atoms with van der Waals surface area (Å²) >= 11 is 0. The Morgan fingerprint density at radius 1 is 0.271 bits per heavy atom. The van der Waals surface area contributed by atoms with E-state index in [1.54, 1.807) is 0 Å². The Kier molecular flexibility index (Phi) is 9.11. The van der Waals surface area contributed by atoms with Gasteiger partial charge >= 0.3 is 0 Å². The standard InChI is InChI=1S/C67H43NO2/c1-3-19-49(20-4-1)67(50-21-5-2-6-22-50)61-29-10-7-24-55(61)59-43-53(37-38-62(59)67)68(52-23-14-17-46(41-52)47-34-39-65-60(42-47)57-26-9-11-30-63(57)69-65)51-35-32-44(33-36-51)45-16-13-18-48(40-45)54-27-15-28-58-56-25-8-12-31-64(56)70-66(54)58/h1-43H. The molecule has 0 spiro atoms. The third-order valence-electron chi connectivity index (χ3n) is 14.6. The van der Waals surface area contributed by atoms with Crippen LogP contribution in [0.15, 0.2) is 270 Å². The highest BCUT2D eigenvalue weighted by Crippen LogP contribution is 2.57. The largest absolute Gasteiger partial charge is 0.456 e. The monoisotopic (exact) mass is 893 g/mol. The van der Waals surface area contributed by atoms with Gasteiger partial charge in [0.25, 0.3) is 0 Å². The Morgan fingerprint density at radius 2 is 0.800 bits per heavy atom. The highest BCUT2D eigenvalue weighted by molar-refractivity contribution is 6.10. The molecule has 0 bridgehead atoms. The molecule has 0 N–H and O–H groups in total. The van der Waals surface area contributed by atoms with Crippen molar-refractivity contribution in [2.45, 2.75) is 5.41 Å². The molecule has 1 aliphatic rings. The first kappa shape index (κ1) is 39.9. The molecular weight excluding hydrogens is 851 g/mol. The van der Waals surface area contributed by atoms with Gasteiger partial charge in [-0.05, 0) is 128 Å². The zero-order valence-electron chi connectivity index (χ0n) is 38.1. The minimum atomic E-state index is -0.486. The second-order valence-corrected chi connectivity index (χ2v) is 18.4. The summed E-state index contributed by atoms with van der Waals surface area (Å²) in [7, 11) is 0. The minimum absolute atomic E-state index is 0.486. The first-order valence-corrected chi connectivity index (χ1v) is 24.0. The van der Waals surface area contributed by atoms with Gasteiger partial charge in [-0.25, -0.2) is 0 Å². The molecule has 11 aromatic carbocycles. The van der Waals surface area contributed by atoms with Gasteiger partial charge in [-0.1, -0.05) is 194 Å². The molecule has 0 atom stereocenters. The van der Waals surface area contributed by atoms with Gasteiger partial charge in [0.1, 0.15) is 22.3 Å². The third kappa shape index (κ3) is 6.22. The summed E-state index contributed by atoms with van der Waals surface area (Å²) in [5.74, 6) is 0. The normalized spacial score (nSPS) is 12.7. The molecule has 0 radical (unpaired) electrons. The molecule has 14 rings (SSSR count). The van der Waals surface area contributed by atoms with Crippen molar-refractivity contribution < 1.29 is 8.83 Å². The van der Waals surface area contributed by atoms with Crippen LogP contribution in [0.25, 0.3) is 88.4 Å². The number of benzene rings is 11. The van der Waals surface area contributed by atoms with Crippen molar-refractivity contribution in [1.29, 1.82) is 0 Å². The quantitative estimate of drug-likeness (QED) is 0.152. The van der Waals surface area contributed by atoms with Crippen molar-refractivity contribution in [2.75, 3.05) is 4.90 Å². The van der Waals surface area contributed by atoms with E-state index in [1.807, 2.05) is 24.3 Å². The average Bonchev–Trinajstić information content (AvgIpc) is 4.10. The lowest BCUT2D eigenvalue weighted by molar-refractivity contribution is 0.669. The highest BCUT2D eigenvalue weighted by Gasteiger charge is 2.46. The lowest BCUT2D eigenvalue weighted by Gasteiger charge is -2.34. The minimum Gasteiger partial charge on any atom is -0.456 e. The predicted molar refractivity (Wildman–Crippen MR) is 289 cm³/mol. The molecule has 2 aromatic heterocycles. The van der Waals surface area contributed by atoms with E-state index in [1.165, 1.54) is 33.4 Å². The average molecular weight is 894 g/mol. The fourth-order valence-electron chi connectivity index (χ4n) is 11.4. The van der Waals surface area contributed by atoms with Crippen LogP contribution in [0.3, 0.4) is 0 Å². The smallest absolute Gasteiger partial charge is 0.143 e. The van der Waals surface area contributed by atoms with Gasteiger partial charge in [-0.3, -0.25) is 0 Å². The van der Waals surface area contributed by atoms with E-state index in [4.69, 9.17) is 8.83 Å². The molecule has 3 heteroatoms. The molecule has 3 nitrogen and oxygen atoms in total. The predicted octanol–water partition coefficient (Wildman–Crippen LogP) is 18.3. The Hall–Kier alpha value is -9.18. The number of anilines is 3. The van der Waals surface area contributed by atoms with Crippen molar-refractivity contribution >= 4 is 60.9 Å². The first-order valence-electron chi connectivity index (χ1n) is 24.0. The molecule has 0 aliphatic heterocycles. The maximum Gasteiger partial charge on any atom is 0.143 e. The summed E-state index contributed by atoms with van der Waals surface area (Å²) in [6, 6.07) is 94.4. The lowest BCUT2D eigenvalue weighted by atomic mass is 9.68. The Morgan fingerprint density at radius 3 is 1.59 bits per heavy atom. The number of nitrogens with zero attached hydrogens (tertiary/aromatic N) is 1. The Bertz CT molecular complexity index is 4090. The van der Waals surface area contributed by atoms with Gasteiger partial charge in [-0.15, -0.1) is 0 Å². The van der Waals surface area contributed by atoms with Crippen LogP contribution < -0.4 is 4.90 Å². The topological polar surface area (TPSA) is 29.5 Å². The van der Waals surface area contributed by atoms with Gasteiger partial charge < -0.3 is 13.7 Å². The van der Waals surface area contributed by atoms with Crippen LogP contribution in [-0.2, 0) is 5.41 Å². The molecule has 1 aliphatic carbocycles. The second-order valence-electron chi connectivity index (χ2n) is 18.4. The fourth-order valence-corrected chi connectivity index (χ4v) is 11.4. The number of hydrogen-bond donors (Lipinski definition) is 0. The summed E-state index contributed by atoms with van der Waals surface area (Å²) in [4.78, 5) is 2.41. The molecule has 328 valence electrons. The zero-order chi connectivity index (χ0) is 46.2. The van der Waals surface area contributed by atoms with E-state index in [0.29, 0.717) is 0 Å². The van der Waals surface area contributed by atoms with Crippen LogP contribution in [0.4, 0.5) is 17.1 Å². The van der Waals surface area contributed by atoms with E-state index in [9.17, 15) is 0 Å². The van der Waals surface area contributed by atoms with Crippen molar-refractivity contribution in [2.24, 2.45) is 0 Å². The maximum absolute atomic E-state index is 6.47. The number of para-hydroxylation sites is 3. The number of hydrogen-bond acceptors (Lipinski definition) is 3.